The summed E-state index contributed by atoms with van der Waals surface area (Å²) >= 11 is 6.01. The van der Waals surface area contributed by atoms with Crippen LogP contribution >= 0.6 is 11.6 Å². The summed E-state index contributed by atoms with van der Waals surface area (Å²) in [5.41, 5.74) is 0.912. The number of non-ortho nitro benzene ring substituents is 1. The molecule has 0 aliphatic heterocycles. The van der Waals surface area contributed by atoms with Gasteiger partial charge in [0.05, 0.1) is 9.95 Å². The maximum Gasteiger partial charge on any atom is 0.271 e. The number of hydrogen-bond acceptors (Lipinski definition) is 4. The second-order valence-electron chi connectivity index (χ2n) is 4.11. The minimum absolute atomic E-state index is 0.0640. The summed E-state index contributed by atoms with van der Waals surface area (Å²) in [4.78, 5) is 10.2. The zero-order valence-corrected chi connectivity index (χ0v) is 11.6. The molecule has 0 bridgehead atoms. The topological polar surface area (TPSA) is 64.4 Å². The minimum Gasteiger partial charge on any atom is -0.455 e. The van der Waals surface area contributed by atoms with Gasteiger partial charge in [0.1, 0.15) is 11.5 Å². The van der Waals surface area contributed by atoms with Gasteiger partial charge < -0.3 is 10.1 Å². The first-order valence-corrected chi connectivity index (χ1v) is 6.34. The van der Waals surface area contributed by atoms with Crippen LogP contribution in [0.25, 0.3) is 0 Å². The predicted octanol–water partition coefficient (Wildman–Crippen LogP) is 3.76. The van der Waals surface area contributed by atoms with E-state index in [-0.39, 0.29) is 10.7 Å². The fourth-order valence-corrected chi connectivity index (χ4v) is 1.96. The van der Waals surface area contributed by atoms with Gasteiger partial charge in [0, 0.05) is 24.2 Å². The molecule has 6 heteroatoms. The lowest BCUT2D eigenvalue weighted by molar-refractivity contribution is -0.384. The highest BCUT2D eigenvalue weighted by Gasteiger charge is 2.12. The largest absolute Gasteiger partial charge is 0.455 e. The van der Waals surface area contributed by atoms with E-state index in [2.05, 4.69) is 5.32 Å². The van der Waals surface area contributed by atoms with Crippen LogP contribution in [-0.2, 0) is 6.54 Å². The Bertz CT molecular complexity index is 632. The molecular weight excluding hydrogens is 280 g/mol. The van der Waals surface area contributed by atoms with Crippen molar-refractivity contribution < 1.29 is 9.66 Å². The van der Waals surface area contributed by atoms with Gasteiger partial charge in [0.15, 0.2) is 0 Å². The average molecular weight is 293 g/mol. The Balaban J connectivity index is 2.28. The fourth-order valence-electron chi connectivity index (χ4n) is 1.74. The lowest BCUT2D eigenvalue weighted by atomic mass is 10.2. The van der Waals surface area contributed by atoms with Crippen LogP contribution < -0.4 is 10.1 Å². The number of nitro benzene ring substituents is 1. The van der Waals surface area contributed by atoms with E-state index in [9.17, 15) is 10.1 Å². The van der Waals surface area contributed by atoms with Gasteiger partial charge in [-0.25, -0.2) is 0 Å². The molecule has 0 aliphatic rings. The highest BCUT2D eigenvalue weighted by atomic mass is 35.5. The summed E-state index contributed by atoms with van der Waals surface area (Å²) in [5.74, 6) is 1.05. The summed E-state index contributed by atoms with van der Waals surface area (Å²) in [6.07, 6.45) is 0. The van der Waals surface area contributed by atoms with Crippen molar-refractivity contribution in [2.45, 2.75) is 6.54 Å². The Morgan fingerprint density at radius 1 is 1.25 bits per heavy atom. The van der Waals surface area contributed by atoms with Crippen molar-refractivity contribution in [1.82, 2.24) is 5.32 Å². The molecule has 0 saturated carbocycles. The molecule has 2 rings (SSSR count). The number of hydrogen-bond donors (Lipinski definition) is 1. The number of para-hydroxylation sites is 1. The van der Waals surface area contributed by atoms with Gasteiger partial charge in [-0.2, -0.15) is 0 Å². The molecule has 0 aromatic heterocycles. The normalized spacial score (nSPS) is 10.3. The molecule has 0 radical (unpaired) electrons. The van der Waals surface area contributed by atoms with E-state index in [0.717, 1.165) is 5.56 Å². The van der Waals surface area contributed by atoms with Crippen LogP contribution in [0.15, 0.2) is 42.5 Å². The third kappa shape index (κ3) is 3.26. The molecule has 1 N–H and O–H groups in total. The standard InChI is InChI=1S/C14H13ClN2O3/c1-16-9-10-4-2-3-5-13(10)20-14-7-6-11(17(18)19)8-12(14)15/h2-8,16H,9H2,1H3. The lowest BCUT2D eigenvalue weighted by Gasteiger charge is -2.11. The van der Waals surface area contributed by atoms with Crippen LogP contribution in [0.2, 0.25) is 5.02 Å². The summed E-state index contributed by atoms with van der Waals surface area (Å²) in [7, 11) is 1.84. The first-order chi connectivity index (χ1) is 9.61. The van der Waals surface area contributed by atoms with E-state index < -0.39 is 4.92 Å². The van der Waals surface area contributed by atoms with Gasteiger partial charge in [-0.1, -0.05) is 29.8 Å². The van der Waals surface area contributed by atoms with Gasteiger partial charge in [-0.15, -0.1) is 0 Å². The molecule has 2 aromatic rings. The van der Waals surface area contributed by atoms with E-state index >= 15 is 0 Å². The second kappa shape index (κ2) is 6.36. The number of nitro groups is 1. The first-order valence-electron chi connectivity index (χ1n) is 5.96. The molecule has 0 heterocycles. The van der Waals surface area contributed by atoms with E-state index in [4.69, 9.17) is 16.3 Å². The number of ether oxygens (including phenoxy) is 1. The number of benzene rings is 2. The SMILES string of the molecule is CNCc1ccccc1Oc1ccc([N+](=O)[O-])cc1Cl. The quantitative estimate of drug-likeness (QED) is 0.673. The molecule has 0 atom stereocenters. The lowest BCUT2D eigenvalue weighted by Crippen LogP contribution is -2.06. The van der Waals surface area contributed by atoms with Crippen molar-refractivity contribution in [3.05, 3.63) is 63.2 Å². The molecular formula is C14H13ClN2O3. The zero-order chi connectivity index (χ0) is 14.5. The van der Waals surface area contributed by atoms with Crippen LogP contribution in [0, 0.1) is 10.1 Å². The molecule has 0 aliphatic carbocycles. The first kappa shape index (κ1) is 14.3. The van der Waals surface area contributed by atoms with Crippen molar-refractivity contribution in [2.75, 3.05) is 7.05 Å². The molecule has 0 saturated heterocycles. The van der Waals surface area contributed by atoms with Crippen molar-refractivity contribution in [1.29, 1.82) is 0 Å². The predicted molar refractivity (Wildman–Crippen MR) is 77.4 cm³/mol. The summed E-state index contributed by atoms with van der Waals surface area (Å²) in [6.45, 7) is 0.654. The minimum atomic E-state index is -0.495. The summed E-state index contributed by atoms with van der Waals surface area (Å²) in [6, 6.07) is 11.7. The van der Waals surface area contributed by atoms with Crippen LogP contribution in [0.3, 0.4) is 0 Å². The highest BCUT2D eigenvalue weighted by molar-refractivity contribution is 6.32. The van der Waals surface area contributed by atoms with Crippen LogP contribution in [0.5, 0.6) is 11.5 Å². The molecule has 2 aromatic carbocycles. The molecule has 0 unspecified atom stereocenters. The summed E-state index contributed by atoms with van der Waals surface area (Å²) < 4.78 is 5.73. The molecule has 0 amide bonds. The van der Waals surface area contributed by atoms with Crippen LogP contribution in [0.4, 0.5) is 5.69 Å². The third-order valence-electron chi connectivity index (χ3n) is 2.69. The number of rotatable bonds is 5. The third-order valence-corrected chi connectivity index (χ3v) is 2.98. The molecule has 104 valence electrons. The number of nitrogens with zero attached hydrogens (tertiary/aromatic N) is 1. The van der Waals surface area contributed by atoms with Crippen molar-refractivity contribution in [3.63, 3.8) is 0 Å². The molecule has 0 fully saturated rings. The Labute approximate surface area is 121 Å². The smallest absolute Gasteiger partial charge is 0.271 e. The van der Waals surface area contributed by atoms with Crippen LogP contribution in [0.1, 0.15) is 5.56 Å². The summed E-state index contributed by atoms with van der Waals surface area (Å²) in [5, 5.41) is 13.9. The van der Waals surface area contributed by atoms with Gasteiger partial charge in [0.2, 0.25) is 0 Å². The maximum atomic E-state index is 10.7. The van der Waals surface area contributed by atoms with Gasteiger partial charge in [0.25, 0.3) is 5.69 Å². The van der Waals surface area contributed by atoms with Crippen molar-refractivity contribution in [3.8, 4) is 11.5 Å². The maximum absolute atomic E-state index is 10.7. The molecule has 0 spiro atoms. The Morgan fingerprint density at radius 3 is 2.65 bits per heavy atom. The monoisotopic (exact) mass is 292 g/mol. The van der Waals surface area contributed by atoms with E-state index in [1.807, 2.05) is 31.3 Å². The van der Waals surface area contributed by atoms with Crippen molar-refractivity contribution in [2.24, 2.45) is 0 Å². The highest BCUT2D eigenvalue weighted by Crippen LogP contribution is 2.33. The van der Waals surface area contributed by atoms with Gasteiger partial charge in [-0.3, -0.25) is 10.1 Å². The number of halogens is 1. The average Bonchev–Trinajstić information content (AvgIpc) is 2.43. The molecule has 20 heavy (non-hydrogen) atoms. The Kier molecular flexibility index (Phi) is 4.55. The zero-order valence-electron chi connectivity index (χ0n) is 10.8. The van der Waals surface area contributed by atoms with Crippen LogP contribution in [-0.4, -0.2) is 12.0 Å². The van der Waals surface area contributed by atoms with E-state index in [1.54, 1.807) is 0 Å². The fraction of sp³-hybridized carbons (Fsp3) is 0.143. The van der Waals surface area contributed by atoms with Crippen molar-refractivity contribution >= 4 is 17.3 Å². The molecule has 5 nitrogen and oxygen atoms in total. The van der Waals surface area contributed by atoms with E-state index in [1.165, 1.54) is 18.2 Å². The Morgan fingerprint density at radius 2 is 2.00 bits per heavy atom. The van der Waals surface area contributed by atoms with Gasteiger partial charge >= 0.3 is 0 Å². The van der Waals surface area contributed by atoms with Gasteiger partial charge in [-0.05, 0) is 19.2 Å². The second-order valence-corrected chi connectivity index (χ2v) is 4.52. The van der Waals surface area contributed by atoms with E-state index in [0.29, 0.717) is 18.0 Å². The Hall–Kier alpha value is -2.11. The number of nitrogens with one attached hydrogen (secondary N) is 1.